The first-order valence-electron chi connectivity index (χ1n) is 6.92. The van der Waals surface area contributed by atoms with Crippen molar-refractivity contribution in [3.8, 4) is 0 Å². The number of nitrogens with one attached hydrogen (secondary N) is 1. The fraction of sp³-hybridized carbons (Fsp3) is 0.600. The average Bonchev–Trinajstić information content (AvgIpc) is 2.72. The predicted molar refractivity (Wildman–Crippen MR) is 77.7 cm³/mol. The molecule has 0 spiro atoms. The minimum atomic E-state index is -0.315. The van der Waals surface area contributed by atoms with Gasteiger partial charge in [0.25, 0.3) is 5.91 Å². The summed E-state index contributed by atoms with van der Waals surface area (Å²) in [6, 6.07) is 3.38. The summed E-state index contributed by atoms with van der Waals surface area (Å²) < 4.78 is 0. The Morgan fingerprint density at radius 1 is 1.30 bits per heavy atom. The molecule has 0 aromatic carbocycles. The standard InChI is InChI=1S/C15H23N3O2/c1-14(2)7-10(16)8-15(3,4)18(14)13(20)12-6-5-11(9-19)17-12/h5-6,9-10,17H,7-8,16H2,1-4H3. The highest BCUT2D eigenvalue weighted by Gasteiger charge is 2.47. The number of nitrogens with zero attached hydrogens (tertiary/aromatic N) is 1. The number of nitrogens with two attached hydrogens (primary N) is 1. The molecular formula is C15H23N3O2. The van der Waals surface area contributed by atoms with Crippen LogP contribution >= 0.6 is 0 Å². The molecule has 1 aromatic rings. The Balaban J connectivity index is 2.37. The molecule has 5 heteroatoms. The SMILES string of the molecule is CC1(C)CC(N)CC(C)(C)N1C(=O)c1ccc(C=O)[nH]1. The maximum Gasteiger partial charge on any atom is 0.271 e. The third-order valence-electron chi connectivity index (χ3n) is 4.00. The highest BCUT2D eigenvalue weighted by Crippen LogP contribution is 2.38. The van der Waals surface area contributed by atoms with Crippen LogP contribution in [0.2, 0.25) is 0 Å². The van der Waals surface area contributed by atoms with Gasteiger partial charge in [-0.2, -0.15) is 0 Å². The molecule has 20 heavy (non-hydrogen) atoms. The van der Waals surface area contributed by atoms with Gasteiger partial charge in [0, 0.05) is 17.1 Å². The number of aromatic nitrogens is 1. The van der Waals surface area contributed by atoms with Gasteiger partial charge in [-0.05, 0) is 52.7 Å². The van der Waals surface area contributed by atoms with Crippen LogP contribution in [0.15, 0.2) is 12.1 Å². The molecule has 0 bridgehead atoms. The fourth-order valence-electron chi connectivity index (χ4n) is 3.63. The van der Waals surface area contributed by atoms with Crippen molar-refractivity contribution in [3.05, 3.63) is 23.5 Å². The van der Waals surface area contributed by atoms with Crippen molar-refractivity contribution in [1.29, 1.82) is 0 Å². The average molecular weight is 277 g/mol. The van der Waals surface area contributed by atoms with Crippen LogP contribution in [0.5, 0.6) is 0 Å². The van der Waals surface area contributed by atoms with Crippen molar-refractivity contribution in [3.63, 3.8) is 0 Å². The van der Waals surface area contributed by atoms with Crippen LogP contribution in [0.25, 0.3) is 0 Å². The molecule has 110 valence electrons. The number of piperidine rings is 1. The van der Waals surface area contributed by atoms with Gasteiger partial charge in [0.05, 0.1) is 5.69 Å². The summed E-state index contributed by atoms with van der Waals surface area (Å²) in [5.41, 5.74) is 6.35. The van der Waals surface area contributed by atoms with Gasteiger partial charge in [0.2, 0.25) is 0 Å². The van der Waals surface area contributed by atoms with E-state index in [0.717, 1.165) is 12.8 Å². The highest BCUT2D eigenvalue weighted by molar-refractivity contribution is 5.94. The smallest absolute Gasteiger partial charge is 0.271 e. The summed E-state index contributed by atoms with van der Waals surface area (Å²) in [4.78, 5) is 28.3. The van der Waals surface area contributed by atoms with Crippen LogP contribution < -0.4 is 5.73 Å². The molecule has 0 atom stereocenters. The van der Waals surface area contributed by atoms with E-state index in [1.165, 1.54) is 0 Å². The van der Waals surface area contributed by atoms with Gasteiger partial charge in [0.1, 0.15) is 5.69 Å². The molecule has 2 heterocycles. The van der Waals surface area contributed by atoms with Crippen molar-refractivity contribution in [1.82, 2.24) is 9.88 Å². The zero-order valence-electron chi connectivity index (χ0n) is 12.6. The Labute approximate surface area is 119 Å². The Bertz CT molecular complexity index is 513. The van der Waals surface area contributed by atoms with Crippen LogP contribution in [0, 0.1) is 0 Å². The lowest BCUT2D eigenvalue weighted by Crippen LogP contribution is -2.65. The molecule has 2 rings (SSSR count). The molecule has 1 fully saturated rings. The number of amides is 1. The van der Waals surface area contributed by atoms with Gasteiger partial charge in [-0.3, -0.25) is 9.59 Å². The molecule has 1 aliphatic heterocycles. The van der Waals surface area contributed by atoms with Crippen LogP contribution in [0.4, 0.5) is 0 Å². The number of hydrogen-bond donors (Lipinski definition) is 2. The van der Waals surface area contributed by atoms with Crippen molar-refractivity contribution in [2.45, 2.75) is 57.7 Å². The zero-order valence-corrected chi connectivity index (χ0v) is 12.6. The lowest BCUT2D eigenvalue weighted by molar-refractivity contribution is -0.0176. The van der Waals surface area contributed by atoms with Crippen LogP contribution in [-0.2, 0) is 0 Å². The minimum absolute atomic E-state index is 0.0833. The predicted octanol–water partition coefficient (Wildman–Crippen LogP) is 1.95. The highest BCUT2D eigenvalue weighted by atomic mass is 16.2. The Morgan fingerprint density at radius 2 is 1.85 bits per heavy atom. The first kappa shape index (κ1) is 14.8. The van der Waals surface area contributed by atoms with Crippen LogP contribution in [-0.4, -0.2) is 39.2 Å². The maximum atomic E-state index is 12.8. The lowest BCUT2D eigenvalue weighted by atomic mass is 9.77. The van der Waals surface area contributed by atoms with Crippen molar-refractivity contribution >= 4 is 12.2 Å². The molecule has 1 saturated heterocycles. The van der Waals surface area contributed by atoms with Crippen molar-refractivity contribution < 1.29 is 9.59 Å². The van der Waals surface area contributed by atoms with Crippen LogP contribution in [0.1, 0.15) is 61.5 Å². The molecule has 0 unspecified atom stereocenters. The van der Waals surface area contributed by atoms with E-state index in [1.807, 2.05) is 32.6 Å². The zero-order chi connectivity index (χ0) is 15.1. The summed E-state index contributed by atoms with van der Waals surface area (Å²) in [5.74, 6) is -0.0833. The molecule has 1 amide bonds. The summed E-state index contributed by atoms with van der Waals surface area (Å²) >= 11 is 0. The Kier molecular flexibility index (Phi) is 3.50. The lowest BCUT2D eigenvalue weighted by Gasteiger charge is -2.54. The number of likely N-dealkylation sites (tertiary alicyclic amines) is 1. The van der Waals surface area contributed by atoms with Gasteiger partial charge in [-0.15, -0.1) is 0 Å². The molecule has 1 aromatic heterocycles. The number of carbonyl (C=O) groups is 2. The first-order valence-corrected chi connectivity index (χ1v) is 6.92. The van der Waals surface area contributed by atoms with E-state index in [2.05, 4.69) is 4.98 Å². The van der Waals surface area contributed by atoms with E-state index in [-0.39, 0.29) is 23.0 Å². The Hall–Kier alpha value is -1.62. The number of H-pyrrole nitrogens is 1. The van der Waals surface area contributed by atoms with E-state index in [9.17, 15) is 9.59 Å². The van der Waals surface area contributed by atoms with Crippen molar-refractivity contribution in [2.24, 2.45) is 5.73 Å². The monoisotopic (exact) mass is 277 g/mol. The van der Waals surface area contributed by atoms with Gasteiger partial charge in [-0.1, -0.05) is 0 Å². The molecule has 1 aliphatic rings. The summed E-state index contributed by atoms with van der Waals surface area (Å²) in [7, 11) is 0. The maximum absolute atomic E-state index is 12.8. The second-order valence-corrected chi connectivity index (χ2v) is 6.88. The normalized spacial score (nSPS) is 21.8. The topological polar surface area (TPSA) is 79.2 Å². The minimum Gasteiger partial charge on any atom is -0.348 e. The third kappa shape index (κ3) is 2.50. The molecule has 0 radical (unpaired) electrons. The number of carbonyl (C=O) groups excluding carboxylic acids is 2. The third-order valence-corrected chi connectivity index (χ3v) is 4.00. The van der Waals surface area contributed by atoms with E-state index in [0.29, 0.717) is 17.7 Å². The van der Waals surface area contributed by atoms with Gasteiger partial charge in [-0.25, -0.2) is 0 Å². The Morgan fingerprint density at radius 3 is 2.30 bits per heavy atom. The van der Waals surface area contributed by atoms with Gasteiger partial charge in [0.15, 0.2) is 6.29 Å². The van der Waals surface area contributed by atoms with E-state index < -0.39 is 0 Å². The molecule has 0 aliphatic carbocycles. The first-order chi connectivity index (χ1) is 9.17. The van der Waals surface area contributed by atoms with Crippen molar-refractivity contribution in [2.75, 3.05) is 0 Å². The van der Waals surface area contributed by atoms with Gasteiger partial charge >= 0.3 is 0 Å². The second kappa shape index (κ2) is 4.74. The number of aldehydes is 1. The van der Waals surface area contributed by atoms with Gasteiger partial charge < -0.3 is 15.6 Å². The molecule has 5 nitrogen and oxygen atoms in total. The molecular weight excluding hydrogens is 254 g/mol. The number of aromatic amines is 1. The van der Waals surface area contributed by atoms with E-state index >= 15 is 0 Å². The quantitative estimate of drug-likeness (QED) is 0.811. The van der Waals surface area contributed by atoms with E-state index in [1.54, 1.807) is 12.1 Å². The molecule has 3 N–H and O–H groups in total. The second-order valence-electron chi connectivity index (χ2n) is 6.88. The van der Waals surface area contributed by atoms with Crippen LogP contribution in [0.3, 0.4) is 0 Å². The summed E-state index contributed by atoms with van der Waals surface area (Å²) in [6.07, 6.45) is 2.24. The van der Waals surface area contributed by atoms with E-state index in [4.69, 9.17) is 5.73 Å². The summed E-state index contributed by atoms with van der Waals surface area (Å²) in [6.45, 7) is 8.15. The fourth-order valence-corrected chi connectivity index (χ4v) is 3.63. The number of hydrogen-bond acceptors (Lipinski definition) is 3. The largest absolute Gasteiger partial charge is 0.348 e. The summed E-state index contributed by atoms with van der Waals surface area (Å²) in [5, 5.41) is 0. The number of rotatable bonds is 2. The molecule has 0 saturated carbocycles.